The van der Waals surface area contributed by atoms with E-state index in [2.05, 4.69) is 20.8 Å². The molecular weight excluding hydrogens is 875 g/mol. The van der Waals surface area contributed by atoms with E-state index in [4.69, 9.17) is 9.08 Å². The summed E-state index contributed by atoms with van der Waals surface area (Å²) in [6.07, 6.45) is -8.89. The van der Waals surface area contributed by atoms with E-state index in [1.54, 1.807) is 24.3 Å². The molecule has 2 aliphatic heterocycles. The molecule has 5 aromatic rings. The van der Waals surface area contributed by atoms with E-state index < -0.39 is 85.3 Å². The summed E-state index contributed by atoms with van der Waals surface area (Å²) in [4.78, 5) is 29.8. The van der Waals surface area contributed by atoms with Crippen LogP contribution in [0.4, 0.5) is 32.0 Å². The third-order valence-electron chi connectivity index (χ3n) is 13.1. The Morgan fingerprint density at radius 1 is 0.773 bits per heavy atom. The van der Waals surface area contributed by atoms with Crippen molar-refractivity contribution in [2.45, 2.75) is 69.8 Å². The van der Waals surface area contributed by atoms with Crippen LogP contribution < -0.4 is 15.3 Å². The molecule has 4 atom stereocenters. The molecular formula is C51H48BF6NO6Si. The van der Waals surface area contributed by atoms with Gasteiger partial charge in [0.2, 0.25) is 11.8 Å². The molecule has 1 aliphatic carbocycles. The zero-order valence-electron chi connectivity index (χ0n) is 36.4. The Balaban J connectivity index is 1.25. The molecule has 7 nitrogen and oxygen atoms in total. The number of imide groups is 1. The monoisotopic (exact) mass is 923 g/mol. The normalized spacial score (nSPS) is 20.7. The molecule has 0 saturated carbocycles. The maximum absolute atomic E-state index is 14.7. The minimum Gasteiger partial charge on any atom is -0.508 e. The van der Waals surface area contributed by atoms with Gasteiger partial charge in [-0.15, -0.1) is 0 Å². The van der Waals surface area contributed by atoms with Crippen LogP contribution in [0.3, 0.4) is 0 Å². The van der Waals surface area contributed by atoms with Crippen molar-refractivity contribution in [3.05, 3.63) is 167 Å². The van der Waals surface area contributed by atoms with Gasteiger partial charge in [0.25, 0.3) is 8.32 Å². The van der Waals surface area contributed by atoms with Crippen molar-refractivity contribution >= 4 is 55.0 Å². The average molecular weight is 924 g/mol. The standard InChI is InChI=1S/C51H48BF6NO6Si/c1-49(2,3)66(40-15-9-5-10-16-40,41-17-11-6-12-18-41)64-31-35-26-42-46(48(62)59(47(42)61)38-28-36(50(53,54)55)27-37(29-38)51(56,57)58)43-30-52(63)65-44(45(35)43)24-21-34(33-13-7-4-8-14-33)25-32-19-22-39(60)23-20-32/h4-20,22-23,25,27-29,42-44,46,60,63H,21,24,26,30-31H2,1-3H3/b34-25-/t42-,43+,44-,46-/m1/s1. The second-order valence-corrected chi connectivity index (χ2v) is 22.5. The predicted octanol–water partition coefficient (Wildman–Crippen LogP) is 10.3. The van der Waals surface area contributed by atoms with Crippen molar-refractivity contribution in [1.29, 1.82) is 0 Å². The van der Waals surface area contributed by atoms with Crippen LogP contribution in [0.25, 0.3) is 11.6 Å². The molecule has 15 heteroatoms. The number of carbonyl (C=O) groups is 2. The number of halogens is 6. The third-order valence-corrected chi connectivity index (χ3v) is 18.1. The number of nitrogens with zero attached hydrogens (tertiary/aromatic N) is 1. The van der Waals surface area contributed by atoms with Crippen molar-refractivity contribution in [2.75, 3.05) is 11.5 Å². The average Bonchev–Trinajstić information content (AvgIpc) is 3.53. The first-order valence-corrected chi connectivity index (χ1v) is 23.7. The Labute approximate surface area is 380 Å². The number of allylic oxidation sites excluding steroid dienone is 1. The van der Waals surface area contributed by atoms with Gasteiger partial charge in [-0.2, -0.15) is 26.3 Å². The van der Waals surface area contributed by atoms with Crippen molar-refractivity contribution in [3.63, 3.8) is 0 Å². The molecule has 0 unspecified atom stereocenters. The van der Waals surface area contributed by atoms with Crippen LogP contribution in [-0.2, 0) is 31.0 Å². The highest BCUT2D eigenvalue weighted by Crippen LogP contribution is 2.53. The second-order valence-electron chi connectivity index (χ2n) is 18.2. The molecule has 0 radical (unpaired) electrons. The lowest BCUT2D eigenvalue weighted by atomic mass is 9.58. The highest BCUT2D eigenvalue weighted by molar-refractivity contribution is 6.99. The number of alkyl halides is 6. The van der Waals surface area contributed by atoms with E-state index in [9.17, 15) is 46.1 Å². The number of hydrogen-bond donors (Lipinski definition) is 2. The molecule has 342 valence electrons. The Hall–Kier alpha value is -5.74. The largest absolute Gasteiger partial charge is 0.508 e. The molecule has 2 heterocycles. The number of carbonyl (C=O) groups excluding carboxylic acids is 2. The number of phenolic OH excluding ortho intramolecular Hbond substituents is 1. The lowest BCUT2D eigenvalue weighted by molar-refractivity contribution is -0.143. The quantitative estimate of drug-likeness (QED) is 0.0451. The summed E-state index contributed by atoms with van der Waals surface area (Å²) in [6, 6.07) is 36.7. The zero-order chi connectivity index (χ0) is 47.2. The molecule has 66 heavy (non-hydrogen) atoms. The van der Waals surface area contributed by atoms with E-state index in [1.807, 2.05) is 97.1 Å². The number of phenols is 1. The first-order chi connectivity index (χ1) is 31.3. The Bertz CT molecular complexity index is 2560. The minimum atomic E-state index is -5.22. The second kappa shape index (κ2) is 18.2. The fraction of sp³-hybridized carbons (Fsp3) is 0.294. The smallest absolute Gasteiger partial charge is 0.455 e. The van der Waals surface area contributed by atoms with Gasteiger partial charge in [0.1, 0.15) is 5.75 Å². The van der Waals surface area contributed by atoms with E-state index in [0.29, 0.717) is 34.6 Å². The van der Waals surface area contributed by atoms with E-state index in [-0.39, 0.29) is 37.6 Å². The van der Waals surface area contributed by atoms with Gasteiger partial charge in [0.15, 0.2) is 0 Å². The number of fused-ring (bicyclic) bond motifs is 3. The molecule has 0 spiro atoms. The number of benzene rings is 5. The van der Waals surface area contributed by atoms with Crippen LogP contribution in [0.5, 0.6) is 5.75 Å². The Kier molecular flexibility index (Phi) is 12.9. The van der Waals surface area contributed by atoms with E-state index in [0.717, 1.165) is 27.1 Å². The minimum absolute atomic E-state index is 0.0409. The molecule has 2 fully saturated rings. The van der Waals surface area contributed by atoms with Gasteiger partial charge in [-0.25, -0.2) is 4.90 Å². The molecule has 0 bridgehead atoms. The predicted molar refractivity (Wildman–Crippen MR) is 244 cm³/mol. The SMILES string of the molecule is CC(C)(C)[Si](OCC1=C2[C@@H](CC/C(=C/c3ccc(O)cc3)c3ccccc3)OB(O)C[C@@H]2[C@@H]2C(=O)N(c3cc(C(F)(F)F)cc(C(F)(F)F)c3)C(=O)[C@@H]2C1)(c1ccccc1)c1ccccc1. The number of aromatic hydroxyl groups is 1. The van der Waals surface area contributed by atoms with Gasteiger partial charge < -0.3 is 19.2 Å². The number of amides is 2. The number of anilines is 1. The van der Waals surface area contributed by atoms with Crippen LogP contribution >= 0.6 is 0 Å². The highest BCUT2D eigenvalue weighted by Gasteiger charge is 2.59. The van der Waals surface area contributed by atoms with Crippen LogP contribution in [-0.4, -0.2) is 50.1 Å². The van der Waals surface area contributed by atoms with Gasteiger partial charge >= 0.3 is 19.5 Å². The number of hydrogen-bond acceptors (Lipinski definition) is 6. The van der Waals surface area contributed by atoms with Crippen molar-refractivity contribution in [1.82, 2.24) is 0 Å². The molecule has 8 rings (SSSR count). The summed E-state index contributed by atoms with van der Waals surface area (Å²) in [5, 5.41) is 22.9. The van der Waals surface area contributed by atoms with Crippen LogP contribution in [0.1, 0.15) is 62.3 Å². The summed E-state index contributed by atoms with van der Waals surface area (Å²) in [5.41, 5.74) is -0.287. The first kappa shape index (κ1) is 46.8. The molecule has 3 aliphatic rings. The lowest BCUT2D eigenvalue weighted by Gasteiger charge is -2.46. The lowest BCUT2D eigenvalue weighted by Crippen LogP contribution is -2.66. The topological polar surface area (TPSA) is 96.3 Å². The van der Waals surface area contributed by atoms with Gasteiger partial charge in [-0.3, -0.25) is 9.59 Å². The van der Waals surface area contributed by atoms with Crippen molar-refractivity contribution < 1.29 is 55.1 Å². The summed E-state index contributed by atoms with van der Waals surface area (Å²) in [5.74, 6) is -5.07. The fourth-order valence-corrected chi connectivity index (χ4v) is 14.7. The third kappa shape index (κ3) is 9.18. The van der Waals surface area contributed by atoms with Crippen LogP contribution in [0, 0.1) is 17.8 Å². The molecule has 2 N–H and O–H groups in total. The number of rotatable bonds is 11. The summed E-state index contributed by atoms with van der Waals surface area (Å²) in [7, 11) is -4.68. The summed E-state index contributed by atoms with van der Waals surface area (Å²) >= 11 is 0. The molecule has 2 amide bonds. The summed E-state index contributed by atoms with van der Waals surface area (Å²) < 4.78 is 98.6. The van der Waals surface area contributed by atoms with E-state index in [1.165, 1.54) is 0 Å². The van der Waals surface area contributed by atoms with E-state index >= 15 is 0 Å². The summed E-state index contributed by atoms with van der Waals surface area (Å²) in [6.45, 7) is 6.27. The van der Waals surface area contributed by atoms with Crippen LogP contribution in [0.2, 0.25) is 11.4 Å². The van der Waals surface area contributed by atoms with Gasteiger partial charge in [-0.05, 0) is 105 Å². The van der Waals surface area contributed by atoms with Gasteiger partial charge in [0, 0.05) is 0 Å². The first-order valence-electron chi connectivity index (χ1n) is 21.8. The van der Waals surface area contributed by atoms with Crippen LogP contribution in [0.15, 0.2) is 145 Å². The highest BCUT2D eigenvalue weighted by atomic mass is 28.4. The van der Waals surface area contributed by atoms with Gasteiger partial charge in [0.05, 0.1) is 41.4 Å². The maximum Gasteiger partial charge on any atom is 0.455 e. The Morgan fingerprint density at radius 3 is 1.85 bits per heavy atom. The van der Waals surface area contributed by atoms with Gasteiger partial charge in [-0.1, -0.05) is 130 Å². The fourth-order valence-electron chi connectivity index (χ4n) is 10.2. The molecule has 2 saturated heterocycles. The molecule has 0 aromatic heterocycles. The maximum atomic E-state index is 14.7. The molecule has 5 aromatic carbocycles. The van der Waals surface area contributed by atoms with Crippen molar-refractivity contribution in [2.24, 2.45) is 17.8 Å². The zero-order valence-corrected chi connectivity index (χ0v) is 37.4. The van der Waals surface area contributed by atoms with Crippen molar-refractivity contribution in [3.8, 4) is 5.75 Å². The Morgan fingerprint density at radius 2 is 1.32 bits per heavy atom.